The molecular formula is C8H11NO3. The van der Waals surface area contributed by atoms with E-state index >= 15 is 0 Å². The molecule has 0 saturated heterocycles. The Balaban J connectivity index is 2.72. The Kier molecular flexibility index (Phi) is 2.47. The predicted molar refractivity (Wildman–Crippen MR) is 42.4 cm³/mol. The van der Waals surface area contributed by atoms with Crippen LogP contribution in [0.5, 0.6) is 0 Å². The molecule has 0 fully saturated rings. The molecule has 0 saturated carbocycles. The maximum Gasteiger partial charge on any atom is 0.220 e. The number of methoxy groups -OCH3 is 1. The van der Waals surface area contributed by atoms with Crippen LogP contribution in [-0.2, 0) is 14.3 Å². The predicted octanol–water partition coefficient (Wildman–Crippen LogP) is -0.0521. The van der Waals surface area contributed by atoms with Crippen LogP contribution in [0.15, 0.2) is 11.8 Å². The second kappa shape index (κ2) is 3.38. The molecule has 1 rings (SSSR count). The third-order valence-corrected chi connectivity index (χ3v) is 1.72. The Bertz CT molecular complexity index is 245. The monoisotopic (exact) mass is 169 g/mol. The molecule has 0 N–H and O–H groups in total. The number of rotatable bonds is 1. The Morgan fingerprint density at radius 3 is 2.75 bits per heavy atom. The maximum absolute atomic E-state index is 11.0. The summed E-state index contributed by atoms with van der Waals surface area (Å²) in [4.78, 5) is 23.3. The summed E-state index contributed by atoms with van der Waals surface area (Å²) in [5.41, 5.74) is 0. The molecule has 0 aliphatic carbocycles. The van der Waals surface area contributed by atoms with Crippen LogP contribution in [0.4, 0.5) is 0 Å². The van der Waals surface area contributed by atoms with Gasteiger partial charge in [-0.15, -0.1) is 0 Å². The number of nitrogens with zero attached hydrogens (tertiary/aromatic N) is 1. The SMILES string of the molecule is COC1=CC(=O)CN(C(C)=O)C1. The van der Waals surface area contributed by atoms with Gasteiger partial charge in [-0.1, -0.05) is 0 Å². The third-order valence-electron chi connectivity index (χ3n) is 1.72. The van der Waals surface area contributed by atoms with Crippen molar-refractivity contribution in [3.63, 3.8) is 0 Å². The Morgan fingerprint density at radius 1 is 1.58 bits per heavy atom. The molecule has 0 aromatic heterocycles. The van der Waals surface area contributed by atoms with E-state index in [0.29, 0.717) is 12.3 Å². The van der Waals surface area contributed by atoms with E-state index in [1.807, 2.05) is 0 Å². The summed E-state index contributed by atoms with van der Waals surface area (Å²) < 4.78 is 4.89. The molecule has 0 aromatic rings. The molecule has 1 aliphatic rings. The molecule has 0 spiro atoms. The fraction of sp³-hybridized carbons (Fsp3) is 0.500. The van der Waals surface area contributed by atoms with Gasteiger partial charge in [0.15, 0.2) is 5.78 Å². The van der Waals surface area contributed by atoms with Gasteiger partial charge in [0.2, 0.25) is 5.91 Å². The molecule has 1 heterocycles. The van der Waals surface area contributed by atoms with Crippen molar-refractivity contribution in [2.45, 2.75) is 6.92 Å². The zero-order chi connectivity index (χ0) is 9.14. The third kappa shape index (κ3) is 1.84. The molecule has 0 aromatic carbocycles. The first-order valence-electron chi connectivity index (χ1n) is 3.66. The Morgan fingerprint density at radius 2 is 2.25 bits per heavy atom. The Hall–Kier alpha value is -1.32. The van der Waals surface area contributed by atoms with Crippen LogP contribution in [0.3, 0.4) is 0 Å². The van der Waals surface area contributed by atoms with E-state index < -0.39 is 0 Å². The number of ketones is 1. The van der Waals surface area contributed by atoms with Crippen LogP contribution in [0.25, 0.3) is 0 Å². The molecule has 66 valence electrons. The van der Waals surface area contributed by atoms with E-state index in [2.05, 4.69) is 0 Å². The van der Waals surface area contributed by atoms with Gasteiger partial charge in [0.05, 0.1) is 20.2 Å². The minimum atomic E-state index is -0.106. The van der Waals surface area contributed by atoms with Crippen molar-refractivity contribution >= 4 is 11.7 Å². The smallest absolute Gasteiger partial charge is 0.220 e. The van der Waals surface area contributed by atoms with Crippen LogP contribution in [0.2, 0.25) is 0 Å². The summed E-state index contributed by atoms with van der Waals surface area (Å²) in [7, 11) is 1.49. The minimum Gasteiger partial charge on any atom is -0.499 e. The van der Waals surface area contributed by atoms with Crippen LogP contribution in [0, 0.1) is 0 Å². The average molecular weight is 169 g/mol. The number of hydrogen-bond acceptors (Lipinski definition) is 3. The molecule has 1 amide bonds. The highest BCUT2D eigenvalue weighted by molar-refractivity contribution is 5.95. The van der Waals surface area contributed by atoms with Crippen molar-refractivity contribution in [3.05, 3.63) is 11.8 Å². The summed E-state index contributed by atoms with van der Waals surface area (Å²) in [6.07, 6.45) is 1.43. The standard InChI is InChI=1S/C8H11NO3/c1-6(10)9-4-7(11)3-8(5-9)12-2/h3H,4-5H2,1-2H3. The van der Waals surface area contributed by atoms with Gasteiger partial charge >= 0.3 is 0 Å². The number of ether oxygens (including phenoxy) is 1. The average Bonchev–Trinajstić information content (AvgIpc) is 2.03. The van der Waals surface area contributed by atoms with Gasteiger partial charge in [0.25, 0.3) is 0 Å². The van der Waals surface area contributed by atoms with Crippen molar-refractivity contribution in [2.75, 3.05) is 20.2 Å². The first kappa shape index (κ1) is 8.77. The number of carbonyl (C=O) groups excluding carboxylic acids is 2. The lowest BCUT2D eigenvalue weighted by atomic mass is 10.2. The number of hydrogen-bond donors (Lipinski definition) is 0. The van der Waals surface area contributed by atoms with Gasteiger partial charge in [0, 0.05) is 13.0 Å². The van der Waals surface area contributed by atoms with Gasteiger partial charge in [-0.2, -0.15) is 0 Å². The van der Waals surface area contributed by atoms with Crippen molar-refractivity contribution in [1.82, 2.24) is 4.90 Å². The highest BCUT2D eigenvalue weighted by atomic mass is 16.5. The first-order chi connectivity index (χ1) is 5.63. The molecule has 12 heavy (non-hydrogen) atoms. The molecule has 0 atom stereocenters. The summed E-state index contributed by atoms with van der Waals surface area (Å²) in [5.74, 6) is 0.348. The van der Waals surface area contributed by atoms with E-state index in [4.69, 9.17) is 4.74 Å². The fourth-order valence-corrected chi connectivity index (χ4v) is 1.05. The molecule has 4 heteroatoms. The van der Waals surface area contributed by atoms with E-state index in [0.717, 1.165) is 0 Å². The van der Waals surface area contributed by atoms with E-state index in [-0.39, 0.29) is 18.2 Å². The van der Waals surface area contributed by atoms with Crippen LogP contribution >= 0.6 is 0 Å². The van der Waals surface area contributed by atoms with Crippen molar-refractivity contribution in [2.24, 2.45) is 0 Å². The van der Waals surface area contributed by atoms with Crippen LogP contribution < -0.4 is 0 Å². The second-order valence-electron chi connectivity index (χ2n) is 2.66. The van der Waals surface area contributed by atoms with Gasteiger partial charge in [-0.25, -0.2) is 0 Å². The molecule has 0 bridgehead atoms. The Labute approximate surface area is 70.8 Å². The lowest BCUT2D eigenvalue weighted by Crippen LogP contribution is -2.38. The largest absolute Gasteiger partial charge is 0.499 e. The molecule has 4 nitrogen and oxygen atoms in total. The number of amides is 1. The number of carbonyl (C=O) groups is 2. The van der Waals surface area contributed by atoms with Crippen molar-refractivity contribution in [1.29, 1.82) is 0 Å². The molecule has 0 unspecified atom stereocenters. The van der Waals surface area contributed by atoms with Crippen LogP contribution in [0.1, 0.15) is 6.92 Å². The summed E-state index contributed by atoms with van der Waals surface area (Å²) in [6, 6.07) is 0. The second-order valence-corrected chi connectivity index (χ2v) is 2.66. The lowest BCUT2D eigenvalue weighted by molar-refractivity contribution is -0.133. The quantitative estimate of drug-likeness (QED) is 0.552. The highest BCUT2D eigenvalue weighted by Gasteiger charge is 2.19. The van der Waals surface area contributed by atoms with Gasteiger partial charge in [0.1, 0.15) is 5.76 Å². The fourth-order valence-electron chi connectivity index (χ4n) is 1.05. The zero-order valence-corrected chi connectivity index (χ0v) is 7.16. The van der Waals surface area contributed by atoms with Gasteiger partial charge < -0.3 is 9.64 Å². The molecule has 0 radical (unpaired) electrons. The summed E-state index contributed by atoms with van der Waals surface area (Å²) in [5, 5.41) is 0. The van der Waals surface area contributed by atoms with E-state index in [1.54, 1.807) is 0 Å². The van der Waals surface area contributed by atoms with Crippen molar-refractivity contribution in [3.8, 4) is 0 Å². The lowest BCUT2D eigenvalue weighted by Gasteiger charge is -2.24. The molecule has 1 aliphatic heterocycles. The summed E-state index contributed by atoms with van der Waals surface area (Å²) in [6.45, 7) is 2.01. The maximum atomic E-state index is 11.0. The van der Waals surface area contributed by atoms with Gasteiger partial charge in [-0.3, -0.25) is 9.59 Å². The van der Waals surface area contributed by atoms with Gasteiger partial charge in [-0.05, 0) is 0 Å². The normalized spacial score (nSPS) is 17.3. The highest BCUT2D eigenvalue weighted by Crippen LogP contribution is 2.07. The zero-order valence-electron chi connectivity index (χ0n) is 7.16. The minimum absolute atomic E-state index is 0.0895. The first-order valence-corrected chi connectivity index (χ1v) is 3.66. The van der Waals surface area contributed by atoms with E-state index in [9.17, 15) is 9.59 Å². The van der Waals surface area contributed by atoms with Crippen LogP contribution in [-0.4, -0.2) is 36.8 Å². The molecular weight excluding hydrogens is 158 g/mol. The summed E-state index contributed by atoms with van der Waals surface area (Å²) >= 11 is 0. The van der Waals surface area contributed by atoms with E-state index in [1.165, 1.54) is 25.0 Å². The topological polar surface area (TPSA) is 46.6 Å². The van der Waals surface area contributed by atoms with Crippen molar-refractivity contribution < 1.29 is 14.3 Å².